The van der Waals surface area contributed by atoms with Gasteiger partial charge in [0, 0.05) is 17.9 Å². The van der Waals surface area contributed by atoms with Gasteiger partial charge in [-0.2, -0.15) is 0 Å². The molecule has 0 bridgehead atoms. The molecule has 10 heteroatoms. The average Bonchev–Trinajstić information content (AvgIpc) is 3.21. The number of aromatic hydroxyl groups is 2. The summed E-state index contributed by atoms with van der Waals surface area (Å²) in [6.07, 6.45) is -1.58. The third-order valence-corrected chi connectivity index (χ3v) is 6.77. The molecule has 3 unspecified atom stereocenters. The van der Waals surface area contributed by atoms with E-state index in [9.17, 15) is 25.2 Å². The number of nitrogens with zero attached hydrogens (tertiary/aromatic N) is 4. The molecule has 0 fully saturated rings. The average molecular weight is 468 g/mol. The second kappa shape index (κ2) is 6.73. The van der Waals surface area contributed by atoms with Crippen molar-refractivity contribution in [2.75, 3.05) is 0 Å². The van der Waals surface area contributed by atoms with Crippen LogP contribution in [-0.4, -0.2) is 52.4 Å². The molecule has 0 saturated carbocycles. The first kappa shape index (κ1) is 19.9. The highest BCUT2D eigenvalue weighted by Crippen LogP contribution is 2.51. The van der Waals surface area contributed by atoms with Gasteiger partial charge in [0.25, 0.3) is 0 Å². The number of phenolic OH excluding ortho intramolecular Hbond substituents is 2. The standard InChI is InChI=1S/C25H16N4O6/c30-14-5-1-3-11-19(14)28-21-13(26-11)7-9-17-16(35-24(9)23(21)32)8-10(25(33)34)18-22(17)29-20-12(27-18)4-2-6-15(20)31/h1-6,8-9,23-24,30-32H,7H2,(H,33,34). The number of para-hydroxylation sites is 2. The van der Waals surface area contributed by atoms with Crippen molar-refractivity contribution in [1.29, 1.82) is 0 Å². The lowest BCUT2D eigenvalue weighted by atomic mass is 9.81. The van der Waals surface area contributed by atoms with Gasteiger partial charge in [0.2, 0.25) is 0 Å². The van der Waals surface area contributed by atoms with E-state index in [0.29, 0.717) is 39.9 Å². The Balaban J connectivity index is 1.49. The van der Waals surface area contributed by atoms with Crippen LogP contribution >= 0.6 is 0 Å². The van der Waals surface area contributed by atoms with Crippen molar-refractivity contribution in [3.63, 3.8) is 0 Å². The SMILES string of the molecule is O=C(O)c1cc2c(c3nc4c(O)cccc4nc13)C1Cc3nc4cccc(O)c4nc3C(O)C1O2. The van der Waals surface area contributed by atoms with Gasteiger partial charge in [0.1, 0.15) is 46.0 Å². The number of carboxylic acids is 1. The first-order chi connectivity index (χ1) is 16.9. The second-order valence-corrected chi connectivity index (χ2v) is 8.75. The van der Waals surface area contributed by atoms with Crippen LogP contribution in [-0.2, 0) is 6.42 Å². The lowest BCUT2D eigenvalue weighted by molar-refractivity contribution is 0.0230. The zero-order valence-corrected chi connectivity index (χ0v) is 17.9. The highest BCUT2D eigenvalue weighted by molar-refractivity contribution is 6.05. The number of rotatable bonds is 1. The number of aromatic nitrogens is 4. The van der Waals surface area contributed by atoms with Gasteiger partial charge >= 0.3 is 5.97 Å². The highest BCUT2D eigenvalue weighted by Gasteiger charge is 2.47. The van der Waals surface area contributed by atoms with Crippen molar-refractivity contribution in [3.05, 3.63) is 65.0 Å². The largest absolute Gasteiger partial charge is 0.506 e. The van der Waals surface area contributed by atoms with Crippen molar-refractivity contribution in [3.8, 4) is 17.2 Å². The first-order valence-corrected chi connectivity index (χ1v) is 10.9. The van der Waals surface area contributed by atoms with Crippen molar-refractivity contribution < 1.29 is 30.0 Å². The molecular formula is C25H16N4O6. The number of phenols is 2. The molecule has 3 aromatic carbocycles. The molecule has 5 aromatic rings. The fourth-order valence-corrected chi connectivity index (χ4v) is 5.21. The topological polar surface area (TPSA) is 159 Å². The predicted molar refractivity (Wildman–Crippen MR) is 123 cm³/mol. The van der Waals surface area contributed by atoms with E-state index in [0.717, 1.165) is 0 Å². The van der Waals surface area contributed by atoms with Gasteiger partial charge in [-0.25, -0.2) is 24.7 Å². The molecule has 10 nitrogen and oxygen atoms in total. The van der Waals surface area contributed by atoms with Crippen molar-refractivity contribution in [2.45, 2.75) is 24.5 Å². The Labute approximate surface area is 196 Å². The van der Waals surface area contributed by atoms with Gasteiger partial charge in [-0.05, 0) is 30.3 Å². The molecule has 7 rings (SSSR count). The third-order valence-electron chi connectivity index (χ3n) is 6.77. The Morgan fingerprint density at radius 2 is 1.57 bits per heavy atom. The molecule has 1 aliphatic carbocycles. The minimum absolute atomic E-state index is 0.0400. The summed E-state index contributed by atoms with van der Waals surface area (Å²) >= 11 is 0. The van der Waals surface area contributed by atoms with Crippen LogP contribution in [0, 0.1) is 0 Å². The summed E-state index contributed by atoms with van der Waals surface area (Å²) < 4.78 is 6.09. The van der Waals surface area contributed by atoms with E-state index in [1.807, 2.05) is 0 Å². The number of fused-ring (bicyclic) bond motifs is 8. The lowest BCUT2D eigenvalue weighted by Gasteiger charge is -2.30. The lowest BCUT2D eigenvalue weighted by Crippen LogP contribution is -2.34. The van der Waals surface area contributed by atoms with Crippen molar-refractivity contribution in [2.24, 2.45) is 0 Å². The maximum Gasteiger partial charge on any atom is 0.338 e. The Morgan fingerprint density at radius 3 is 2.29 bits per heavy atom. The third kappa shape index (κ3) is 2.65. The maximum absolute atomic E-state index is 12.1. The molecule has 0 amide bonds. The summed E-state index contributed by atoms with van der Waals surface area (Å²) in [5, 5.41) is 41.6. The van der Waals surface area contributed by atoms with Crippen LogP contribution in [0.2, 0.25) is 0 Å². The molecule has 0 saturated heterocycles. The van der Waals surface area contributed by atoms with Gasteiger partial charge in [-0.15, -0.1) is 0 Å². The van der Waals surface area contributed by atoms with Crippen LogP contribution in [0.25, 0.3) is 33.1 Å². The van der Waals surface area contributed by atoms with Gasteiger partial charge in [0.05, 0.1) is 33.5 Å². The van der Waals surface area contributed by atoms with Crippen LogP contribution in [0.5, 0.6) is 17.2 Å². The minimum Gasteiger partial charge on any atom is -0.506 e. The Hall–Kier alpha value is -4.57. The number of ether oxygens (including phenoxy) is 1. The zero-order chi connectivity index (χ0) is 24.0. The van der Waals surface area contributed by atoms with Crippen LogP contribution in [0.4, 0.5) is 0 Å². The zero-order valence-electron chi connectivity index (χ0n) is 17.9. The molecule has 3 atom stereocenters. The molecule has 0 radical (unpaired) electrons. The Bertz CT molecular complexity index is 1750. The number of aromatic carboxylic acids is 1. The van der Waals surface area contributed by atoms with Gasteiger partial charge < -0.3 is 25.2 Å². The van der Waals surface area contributed by atoms with Gasteiger partial charge in [0.15, 0.2) is 0 Å². The normalized spacial score (nSPS) is 20.4. The van der Waals surface area contributed by atoms with E-state index in [1.54, 1.807) is 24.3 Å². The summed E-state index contributed by atoms with van der Waals surface area (Å²) in [5.41, 5.74) is 3.24. The van der Waals surface area contributed by atoms with E-state index in [-0.39, 0.29) is 39.4 Å². The molecule has 1 aliphatic heterocycles. The maximum atomic E-state index is 12.1. The molecule has 3 heterocycles. The molecule has 35 heavy (non-hydrogen) atoms. The fraction of sp³-hybridized carbons (Fsp3) is 0.160. The van der Waals surface area contributed by atoms with E-state index >= 15 is 0 Å². The van der Waals surface area contributed by atoms with Gasteiger partial charge in [-0.1, -0.05) is 12.1 Å². The predicted octanol–water partition coefficient (Wildman–Crippen LogP) is 2.97. The van der Waals surface area contributed by atoms with Crippen LogP contribution in [0.3, 0.4) is 0 Å². The smallest absolute Gasteiger partial charge is 0.338 e. The molecule has 0 spiro atoms. The molecule has 4 N–H and O–H groups in total. The number of carboxylic acid groups (broad SMARTS) is 1. The summed E-state index contributed by atoms with van der Waals surface area (Å²) in [6, 6.07) is 11.1. The number of benzene rings is 3. The highest BCUT2D eigenvalue weighted by atomic mass is 16.5. The Kier molecular flexibility index (Phi) is 3.82. The number of aliphatic hydroxyl groups is 1. The summed E-state index contributed by atoms with van der Waals surface area (Å²) in [5.74, 6) is -1.43. The van der Waals surface area contributed by atoms with Crippen LogP contribution in [0.1, 0.15) is 39.3 Å². The number of aliphatic hydroxyl groups excluding tert-OH is 1. The quantitative estimate of drug-likeness (QED) is 0.269. The number of hydrogen-bond donors (Lipinski definition) is 4. The van der Waals surface area contributed by atoms with Crippen LogP contribution in [0.15, 0.2) is 42.5 Å². The van der Waals surface area contributed by atoms with Gasteiger partial charge in [-0.3, -0.25) is 0 Å². The summed E-state index contributed by atoms with van der Waals surface area (Å²) in [7, 11) is 0. The molecule has 2 aromatic heterocycles. The Morgan fingerprint density at radius 1 is 0.886 bits per heavy atom. The fourth-order valence-electron chi connectivity index (χ4n) is 5.21. The summed E-state index contributed by atoms with van der Waals surface area (Å²) in [4.78, 5) is 30.3. The second-order valence-electron chi connectivity index (χ2n) is 8.75. The molecular weight excluding hydrogens is 452 g/mol. The molecule has 172 valence electrons. The van der Waals surface area contributed by atoms with E-state index in [4.69, 9.17) is 4.74 Å². The van der Waals surface area contributed by atoms with E-state index in [1.165, 1.54) is 18.2 Å². The number of carbonyl (C=O) groups is 1. The van der Waals surface area contributed by atoms with Crippen molar-refractivity contribution >= 4 is 39.1 Å². The summed E-state index contributed by atoms with van der Waals surface area (Å²) in [6.45, 7) is 0. The van der Waals surface area contributed by atoms with Crippen molar-refractivity contribution in [1.82, 2.24) is 19.9 Å². The minimum atomic E-state index is -1.20. The monoisotopic (exact) mass is 468 g/mol. The molecule has 2 aliphatic rings. The van der Waals surface area contributed by atoms with Crippen LogP contribution < -0.4 is 4.74 Å². The van der Waals surface area contributed by atoms with E-state index in [2.05, 4.69) is 19.9 Å². The first-order valence-electron chi connectivity index (χ1n) is 10.9. The number of hydrogen-bond acceptors (Lipinski definition) is 9. The van der Waals surface area contributed by atoms with E-state index < -0.39 is 24.1 Å².